The molecule has 1 unspecified atom stereocenters. The van der Waals surface area contributed by atoms with Crippen molar-refractivity contribution in [3.05, 3.63) is 61.4 Å². The Morgan fingerprint density at radius 3 is 2.90 bits per heavy atom. The fourth-order valence-electron chi connectivity index (χ4n) is 2.51. The normalized spacial score (nSPS) is 16.8. The number of ether oxygens (including phenoxy) is 1. The molecule has 0 radical (unpaired) electrons. The van der Waals surface area contributed by atoms with Crippen LogP contribution < -0.4 is 16.0 Å². The molecule has 5 nitrogen and oxygen atoms in total. The van der Waals surface area contributed by atoms with Crippen molar-refractivity contribution >= 4 is 11.6 Å². The number of benzene rings is 1. The molecule has 0 amide bonds. The molecule has 0 spiro atoms. The number of rotatable bonds is 2. The Bertz CT molecular complexity index is 779. The summed E-state index contributed by atoms with van der Waals surface area (Å²) in [6, 6.07) is 6.99. The molecule has 1 aromatic carbocycles. The van der Waals surface area contributed by atoms with Crippen LogP contribution in [0.25, 0.3) is 0 Å². The first-order valence-corrected chi connectivity index (χ1v) is 6.76. The van der Waals surface area contributed by atoms with E-state index in [-0.39, 0.29) is 17.3 Å². The molecule has 0 fully saturated rings. The average Bonchev–Trinajstić information content (AvgIpc) is 2.83. The number of nitrogens with zero attached hydrogens (tertiary/aromatic N) is 1. The molecule has 6 heteroatoms. The molecule has 2 heterocycles. The van der Waals surface area contributed by atoms with Gasteiger partial charge in [-0.1, -0.05) is 36.7 Å². The second kappa shape index (κ2) is 4.83. The molecule has 0 bridgehead atoms. The van der Waals surface area contributed by atoms with Gasteiger partial charge in [-0.25, -0.2) is 9.36 Å². The lowest BCUT2D eigenvalue weighted by Gasteiger charge is -2.13. The smallest absolute Gasteiger partial charge is 0.330 e. The van der Waals surface area contributed by atoms with Gasteiger partial charge in [0.25, 0.3) is 5.56 Å². The van der Waals surface area contributed by atoms with Gasteiger partial charge in [0.05, 0.1) is 5.56 Å². The van der Waals surface area contributed by atoms with E-state index in [9.17, 15) is 9.59 Å². The van der Waals surface area contributed by atoms with Crippen LogP contribution in [0.1, 0.15) is 24.1 Å². The van der Waals surface area contributed by atoms with Gasteiger partial charge in [-0.2, -0.15) is 0 Å². The largest absolute Gasteiger partial charge is 0.491 e. The van der Waals surface area contributed by atoms with Crippen molar-refractivity contribution in [1.29, 1.82) is 0 Å². The van der Waals surface area contributed by atoms with Crippen molar-refractivity contribution in [2.24, 2.45) is 0 Å². The summed E-state index contributed by atoms with van der Waals surface area (Å²) in [6.07, 6.45) is 0.462. The molecule has 3 rings (SSSR count). The monoisotopic (exact) mass is 292 g/mol. The summed E-state index contributed by atoms with van der Waals surface area (Å²) < 4.78 is 6.72. The number of hydrogen-bond acceptors (Lipinski definition) is 3. The summed E-state index contributed by atoms with van der Waals surface area (Å²) in [6.45, 7) is 2.09. The minimum atomic E-state index is -0.512. The summed E-state index contributed by atoms with van der Waals surface area (Å²) in [5.41, 5.74) is 0.383. The van der Waals surface area contributed by atoms with E-state index >= 15 is 0 Å². The van der Waals surface area contributed by atoms with Gasteiger partial charge in [0.15, 0.2) is 0 Å². The van der Waals surface area contributed by atoms with E-state index in [1.807, 2.05) is 31.2 Å². The van der Waals surface area contributed by atoms with Gasteiger partial charge in [0.1, 0.15) is 23.6 Å². The van der Waals surface area contributed by atoms with E-state index in [1.54, 1.807) is 0 Å². The third-order valence-corrected chi connectivity index (χ3v) is 3.84. The zero-order valence-electron chi connectivity index (χ0n) is 10.9. The van der Waals surface area contributed by atoms with Crippen LogP contribution in [-0.2, 0) is 6.42 Å². The lowest BCUT2D eigenvalue weighted by atomic mass is 10.1. The van der Waals surface area contributed by atoms with E-state index in [4.69, 9.17) is 16.3 Å². The first-order valence-electron chi connectivity index (χ1n) is 6.38. The van der Waals surface area contributed by atoms with Crippen LogP contribution in [0.2, 0.25) is 5.15 Å². The minimum Gasteiger partial charge on any atom is -0.491 e. The number of aromatic amines is 1. The quantitative estimate of drug-likeness (QED) is 0.858. The van der Waals surface area contributed by atoms with Crippen LogP contribution in [0.4, 0.5) is 0 Å². The maximum absolute atomic E-state index is 12.4. The van der Waals surface area contributed by atoms with Crippen molar-refractivity contribution in [2.45, 2.75) is 19.4 Å². The van der Waals surface area contributed by atoms with Crippen molar-refractivity contribution in [2.75, 3.05) is 6.61 Å². The van der Waals surface area contributed by atoms with Gasteiger partial charge >= 0.3 is 5.69 Å². The summed E-state index contributed by atoms with van der Waals surface area (Å²) in [7, 11) is 0. The third kappa shape index (κ3) is 1.86. The van der Waals surface area contributed by atoms with E-state index < -0.39 is 11.7 Å². The highest BCUT2D eigenvalue weighted by atomic mass is 35.5. The summed E-state index contributed by atoms with van der Waals surface area (Å²) in [4.78, 5) is 27.1. The van der Waals surface area contributed by atoms with Crippen LogP contribution in [-0.4, -0.2) is 16.2 Å². The third-order valence-electron chi connectivity index (χ3n) is 3.52. The zero-order chi connectivity index (χ0) is 14.3. The molecule has 1 atom stereocenters. The first kappa shape index (κ1) is 13.0. The van der Waals surface area contributed by atoms with E-state index in [0.29, 0.717) is 17.7 Å². The molecular formula is C14H13ClN2O3. The molecule has 0 saturated carbocycles. The van der Waals surface area contributed by atoms with Crippen molar-refractivity contribution in [3.8, 4) is 5.75 Å². The summed E-state index contributed by atoms with van der Waals surface area (Å²) in [5, 5.41) is 0.117. The predicted octanol–water partition coefficient (Wildman–Crippen LogP) is 1.73. The summed E-state index contributed by atoms with van der Waals surface area (Å²) in [5.74, 6) is 0.705. The van der Waals surface area contributed by atoms with Crippen LogP contribution in [0.3, 0.4) is 0 Å². The second-order valence-electron chi connectivity index (χ2n) is 4.62. The van der Waals surface area contributed by atoms with Crippen LogP contribution in [0, 0.1) is 0 Å². The standard InChI is InChI=1S/C14H13ClN2O3/c1-2-8-12(15)16-14(19)17(13(8)18)10-7-20-11-6-4-3-5-9(10)11/h3-6,10H,2,7H2,1H3,(H,16,19). The Hall–Kier alpha value is -2.01. The molecule has 1 aromatic heterocycles. The van der Waals surface area contributed by atoms with E-state index in [0.717, 1.165) is 5.56 Å². The number of hydrogen-bond donors (Lipinski definition) is 1. The van der Waals surface area contributed by atoms with Gasteiger partial charge in [-0.05, 0) is 12.5 Å². The molecule has 1 aliphatic rings. The van der Waals surface area contributed by atoms with Crippen molar-refractivity contribution < 1.29 is 4.74 Å². The van der Waals surface area contributed by atoms with Gasteiger partial charge in [0.2, 0.25) is 0 Å². The number of nitrogens with one attached hydrogen (secondary N) is 1. The SMILES string of the molecule is CCc1c(Cl)[nH]c(=O)n(C2COc3ccccc32)c1=O. The van der Waals surface area contributed by atoms with Crippen LogP contribution in [0.5, 0.6) is 5.75 Å². The van der Waals surface area contributed by atoms with E-state index in [1.165, 1.54) is 4.57 Å². The molecule has 0 aliphatic carbocycles. The molecule has 1 aliphatic heterocycles. The van der Waals surface area contributed by atoms with Crippen molar-refractivity contribution in [3.63, 3.8) is 0 Å². The Morgan fingerprint density at radius 2 is 2.15 bits per heavy atom. The highest BCUT2D eigenvalue weighted by Crippen LogP contribution is 2.33. The molecule has 2 aromatic rings. The topological polar surface area (TPSA) is 64.1 Å². The molecular weight excluding hydrogens is 280 g/mol. The zero-order valence-corrected chi connectivity index (χ0v) is 11.6. The average molecular weight is 293 g/mol. The number of para-hydroxylation sites is 1. The highest BCUT2D eigenvalue weighted by molar-refractivity contribution is 6.30. The Balaban J connectivity index is 2.23. The molecule has 20 heavy (non-hydrogen) atoms. The van der Waals surface area contributed by atoms with Gasteiger partial charge < -0.3 is 4.74 Å². The number of fused-ring (bicyclic) bond motifs is 1. The number of halogens is 1. The first-order chi connectivity index (χ1) is 9.63. The second-order valence-corrected chi connectivity index (χ2v) is 4.99. The van der Waals surface area contributed by atoms with Crippen molar-refractivity contribution in [1.82, 2.24) is 9.55 Å². The Labute approximate surface area is 119 Å². The van der Waals surface area contributed by atoms with Gasteiger partial charge in [-0.3, -0.25) is 9.78 Å². The Morgan fingerprint density at radius 1 is 1.40 bits per heavy atom. The maximum atomic E-state index is 12.4. The lowest BCUT2D eigenvalue weighted by molar-refractivity contribution is 0.310. The number of H-pyrrole nitrogens is 1. The molecule has 104 valence electrons. The summed E-state index contributed by atoms with van der Waals surface area (Å²) >= 11 is 5.91. The fourth-order valence-corrected chi connectivity index (χ4v) is 2.81. The number of aromatic nitrogens is 2. The molecule has 1 N–H and O–H groups in total. The van der Waals surface area contributed by atoms with Crippen LogP contribution >= 0.6 is 11.6 Å². The van der Waals surface area contributed by atoms with Gasteiger partial charge in [-0.15, -0.1) is 0 Å². The van der Waals surface area contributed by atoms with Gasteiger partial charge in [0, 0.05) is 5.56 Å². The fraction of sp³-hybridized carbons (Fsp3) is 0.286. The van der Waals surface area contributed by atoms with Crippen LogP contribution in [0.15, 0.2) is 33.9 Å². The van der Waals surface area contributed by atoms with E-state index in [2.05, 4.69) is 4.98 Å². The molecule has 0 saturated heterocycles. The predicted molar refractivity (Wildman–Crippen MR) is 75.8 cm³/mol. The minimum absolute atomic E-state index is 0.117. The lowest BCUT2D eigenvalue weighted by Crippen LogP contribution is -2.40. The highest BCUT2D eigenvalue weighted by Gasteiger charge is 2.28. The Kier molecular flexibility index (Phi) is 3.14. The maximum Gasteiger partial charge on any atom is 0.330 e.